The smallest absolute Gasteiger partial charge is 0.251 e. The topological polar surface area (TPSA) is 58.1 Å². The summed E-state index contributed by atoms with van der Waals surface area (Å²) in [6.07, 6.45) is 3.61. The van der Waals surface area contributed by atoms with Crippen LogP contribution in [0.4, 0.5) is 10.2 Å². The zero-order valence-electron chi connectivity index (χ0n) is 17.6. The fourth-order valence-corrected chi connectivity index (χ4v) is 4.56. The van der Waals surface area contributed by atoms with E-state index in [1.54, 1.807) is 24.3 Å². The monoisotopic (exact) mass is 470 g/mol. The fourth-order valence-electron chi connectivity index (χ4n) is 3.52. The lowest BCUT2D eigenvalue weighted by atomic mass is 10.1. The number of carbonyl (C=O) groups is 1. The van der Waals surface area contributed by atoms with Crippen molar-refractivity contribution in [3.63, 3.8) is 0 Å². The molecule has 166 valence electrons. The lowest BCUT2D eigenvalue weighted by Crippen LogP contribution is -2.30. The Balaban J connectivity index is 1.32. The molecule has 4 rings (SSSR count). The standard InChI is InChI=1S/C24H24ClFN4OS/c25-21-14-22(30-12-2-1-3-13-30)29-24(28-21)32-16-18-4-8-19(9-5-18)23(31)27-15-17-6-10-20(26)11-7-17/h4-11,14H,1-3,12-13,15-16H2,(H,27,31). The third-order valence-corrected chi connectivity index (χ3v) is 6.40. The summed E-state index contributed by atoms with van der Waals surface area (Å²) < 4.78 is 13.0. The highest BCUT2D eigenvalue weighted by Gasteiger charge is 2.14. The molecular formula is C24H24ClFN4OS. The molecule has 32 heavy (non-hydrogen) atoms. The van der Waals surface area contributed by atoms with Crippen molar-refractivity contribution in [2.24, 2.45) is 0 Å². The molecule has 1 aliphatic heterocycles. The molecule has 0 saturated carbocycles. The van der Waals surface area contributed by atoms with E-state index >= 15 is 0 Å². The Bertz CT molecular complexity index is 1060. The first kappa shape index (κ1) is 22.6. The van der Waals surface area contributed by atoms with E-state index in [0.717, 1.165) is 30.0 Å². The molecule has 0 spiro atoms. The minimum Gasteiger partial charge on any atom is -0.356 e. The molecule has 0 aliphatic carbocycles. The van der Waals surface area contributed by atoms with Crippen molar-refractivity contribution in [3.05, 3.63) is 82.3 Å². The molecular weight excluding hydrogens is 447 g/mol. The van der Waals surface area contributed by atoms with Gasteiger partial charge in [0, 0.05) is 37.0 Å². The lowest BCUT2D eigenvalue weighted by molar-refractivity contribution is 0.0951. The van der Waals surface area contributed by atoms with Gasteiger partial charge in [0.2, 0.25) is 0 Å². The Morgan fingerprint density at radius 1 is 1.00 bits per heavy atom. The van der Waals surface area contributed by atoms with Crippen molar-refractivity contribution in [1.82, 2.24) is 15.3 Å². The van der Waals surface area contributed by atoms with Crippen LogP contribution in [0.15, 0.2) is 59.8 Å². The highest BCUT2D eigenvalue weighted by atomic mass is 35.5. The zero-order chi connectivity index (χ0) is 22.3. The van der Waals surface area contributed by atoms with Gasteiger partial charge in [0.15, 0.2) is 5.16 Å². The molecule has 1 fully saturated rings. The molecule has 0 unspecified atom stereocenters. The number of halogens is 2. The number of benzene rings is 2. The van der Waals surface area contributed by atoms with Gasteiger partial charge in [0.1, 0.15) is 16.8 Å². The van der Waals surface area contributed by atoms with Gasteiger partial charge in [-0.15, -0.1) is 0 Å². The second kappa shape index (κ2) is 10.8. The third-order valence-electron chi connectivity index (χ3n) is 5.29. The maximum atomic E-state index is 13.0. The molecule has 3 aromatic rings. The largest absolute Gasteiger partial charge is 0.356 e. The van der Waals surface area contributed by atoms with E-state index < -0.39 is 0 Å². The van der Waals surface area contributed by atoms with Gasteiger partial charge in [-0.1, -0.05) is 47.6 Å². The fraction of sp³-hybridized carbons (Fsp3) is 0.292. The Hall–Kier alpha value is -2.64. The molecule has 1 aromatic heterocycles. The molecule has 0 atom stereocenters. The molecule has 2 heterocycles. The summed E-state index contributed by atoms with van der Waals surface area (Å²) in [7, 11) is 0. The van der Waals surface area contributed by atoms with Crippen LogP contribution >= 0.6 is 23.4 Å². The van der Waals surface area contributed by atoms with Gasteiger partial charge in [0.05, 0.1) is 0 Å². The Morgan fingerprint density at radius 3 is 2.41 bits per heavy atom. The molecule has 1 aliphatic rings. The first-order valence-corrected chi connectivity index (χ1v) is 12.0. The second-order valence-electron chi connectivity index (χ2n) is 7.67. The summed E-state index contributed by atoms with van der Waals surface area (Å²) in [4.78, 5) is 23.7. The highest BCUT2D eigenvalue weighted by molar-refractivity contribution is 7.98. The van der Waals surface area contributed by atoms with Gasteiger partial charge in [-0.2, -0.15) is 0 Å². The van der Waals surface area contributed by atoms with Gasteiger partial charge >= 0.3 is 0 Å². The number of rotatable bonds is 7. The number of hydrogen-bond donors (Lipinski definition) is 1. The molecule has 8 heteroatoms. The summed E-state index contributed by atoms with van der Waals surface area (Å²) in [6.45, 7) is 2.35. The number of hydrogen-bond acceptors (Lipinski definition) is 5. The average Bonchev–Trinajstić information content (AvgIpc) is 2.83. The number of carbonyl (C=O) groups excluding carboxylic acids is 1. The highest BCUT2D eigenvalue weighted by Crippen LogP contribution is 2.26. The Labute approximate surface area is 196 Å². The SMILES string of the molecule is O=C(NCc1ccc(F)cc1)c1ccc(CSc2nc(Cl)cc(N3CCCCC3)n2)cc1. The van der Waals surface area contributed by atoms with Crippen LogP contribution < -0.4 is 10.2 Å². The molecule has 5 nitrogen and oxygen atoms in total. The van der Waals surface area contributed by atoms with E-state index in [9.17, 15) is 9.18 Å². The van der Waals surface area contributed by atoms with Crippen LogP contribution in [0, 0.1) is 5.82 Å². The summed E-state index contributed by atoms with van der Waals surface area (Å²) >= 11 is 7.76. The summed E-state index contributed by atoms with van der Waals surface area (Å²) in [5.74, 6) is 1.11. The number of nitrogens with zero attached hydrogens (tertiary/aromatic N) is 3. The van der Waals surface area contributed by atoms with Gasteiger partial charge < -0.3 is 10.2 Å². The number of nitrogens with one attached hydrogen (secondary N) is 1. The second-order valence-corrected chi connectivity index (χ2v) is 9.00. The summed E-state index contributed by atoms with van der Waals surface area (Å²) in [6, 6.07) is 15.4. The van der Waals surface area contributed by atoms with Crippen molar-refractivity contribution in [1.29, 1.82) is 0 Å². The number of thioether (sulfide) groups is 1. The van der Waals surface area contributed by atoms with E-state index in [1.165, 1.54) is 43.2 Å². The zero-order valence-corrected chi connectivity index (χ0v) is 19.1. The molecule has 2 aromatic carbocycles. The minimum atomic E-state index is -0.292. The van der Waals surface area contributed by atoms with Crippen LogP contribution in [0.3, 0.4) is 0 Å². The number of piperidine rings is 1. The predicted octanol–water partition coefficient (Wildman–Crippen LogP) is 5.48. The van der Waals surface area contributed by atoms with Crippen LogP contribution in [0.25, 0.3) is 0 Å². The molecule has 0 bridgehead atoms. The molecule has 1 N–H and O–H groups in total. The maximum Gasteiger partial charge on any atom is 0.251 e. The van der Waals surface area contributed by atoms with Gasteiger partial charge in [-0.05, 0) is 54.7 Å². The average molecular weight is 471 g/mol. The van der Waals surface area contributed by atoms with E-state index in [1.807, 2.05) is 18.2 Å². The van der Waals surface area contributed by atoms with Crippen LogP contribution in [-0.4, -0.2) is 29.0 Å². The predicted molar refractivity (Wildman–Crippen MR) is 127 cm³/mol. The minimum absolute atomic E-state index is 0.169. The lowest BCUT2D eigenvalue weighted by Gasteiger charge is -2.27. The number of anilines is 1. The Kier molecular flexibility index (Phi) is 7.60. The van der Waals surface area contributed by atoms with Crippen molar-refractivity contribution in [2.45, 2.75) is 36.7 Å². The molecule has 1 saturated heterocycles. The van der Waals surface area contributed by atoms with Crippen molar-refractivity contribution in [3.8, 4) is 0 Å². The van der Waals surface area contributed by atoms with Crippen molar-refractivity contribution >= 4 is 35.1 Å². The van der Waals surface area contributed by atoms with E-state index in [2.05, 4.69) is 20.2 Å². The first-order chi connectivity index (χ1) is 15.6. The van der Waals surface area contributed by atoms with E-state index in [4.69, 9.17) is 11.6 Å². The molecule has 0 radical (unpaired) electrons. The van der Waals surface area contributed by atoms with Crippen LogP contribution in [-0.2, 0) is 12.3 Å². The quantitative estimate of drug-likeness (QED) is 0.281. The summed E-state index contributed by atoms with van der Waals surface area (Å²) in [5.41, 5.74) is 2.48. The van der Waals surface area contributed by atoms with E-state index in [-0.39, 0.29) is 11.7 Å². The van der Waals surface area contributed by atoms with Crippen LogP contribution in [0.5, 0.6) is 0 Å². The van der Waals surface area contributed by atoms with Crippen LogP contribution in [0.1, 0.15) is 40.7 Å². The van der Waals surface area contributed by atoms with Crippen LogP contribution in [0.2, 0.25) is 5.15 Å². The number of aromatic nitrogens is 2. The third kappa shape index (κ3) is 6.20. The molecule has 1 amide bonds. The van der Waals surface area contributed by atoms with Gasteiger partial charge in [0.25, 0.3) is 5.91 Å². The Morgan fingerprint density at radius 2 is 1.69 bits per heavy atom. The van der Waals surface area contributed by atoms with Gasteiger partial charge in [-0.25, -0.2) is 14.4 Å². The first-order valence-electron chi connectivity index (χ1n) is 10.6. The summed E-state index contributed by atoms with van der Waals surface area (Å²) in [5, 5.41) is 3.96. The van der Waals surface area contributed by atoms with E-state index in [0.29, 0.717) is 28.2 Å². The maximum absolute atomic E-state index is 13.0. The van der Waals surface area contributed by atoms with Crippen molar-refractivity contribution in [2.75, 3.05) is 18.0 Å². The normalized spacial score (nSPS) is 13.8. The van der Waals surface area contributed by atoms with Crippen molar-refractivity contribution < 1.29 is 9.18 Å². The van der Waals surface area contributed by atoms with Gasteiger partial charge in [-0.3, -0.25) is 4.79 Å². The number of amides is 1.